The molecule has 0 bridgehead atoms. The molecule has 0 atom stereocenters. The Balaban J connectivity index is 1.70. The molecule has 0 aliphatic carbocycles. The van der Waals surface area contributed by atoms with E-state index in [0.717, 1.165) is 16.6 Å². The first-order valence-electron chi connectivity index (χ1n) is 8.25. The number of aromatic nitrogens is 5. The van der Waals surface area contributed by atoms with Crippen molar-refractivity contribution in [3.63, 3.8) is 0 Å². The molecule has 0 amide bonds. The van der Waals surface area contributed by atoms with Crippen LogP contribution in [0, 0.1) is 0 Å². The molecule has 0 radical (unpaired) electrons. The van der Waals surface area contributed by atoms with Crippen LogP contribution in [-0.4, -0.2) is 24.4 Å². The van der Waals surface area contributed by atoms with Crippen molar-refractivity contribution < 1.29 is 0 Å². The van der Waals surface area contributed by atoms with Gasteiger partial charge in [-0.1, -0.05) is 23.4 Å². The summed E-state index contributed by atoms with van der Waals surface area (Å²) in [5, 5.41) is 11.3. The van der Waals surface area contributed by atoms with Gasteiger partial charge in [-0.3, -0.25) is 9.48 Å². The molecule has 3 heterocycles. The van der Waals surface area contributed by atoms with Crippen LogP contribution in [0.15, 0.2) is 52.8 Å². The number of thiophene rings is 1. The van der Waals surface area contributed by atoms with Crippen molar-refractivity contribution in [2.75, 3.05) is 0 Å². The highest BCUT2D eigenvalue weighted by atomic mass is 32.1. The molecule has 3 aromatic heterocycles. The van der Waals surface area contributed by atoms with E-state index in [1.807, 2.05) is 59.7 Å². The van der Waals surface area contributed by atoms with Gasteiger partial charge in [-0.15, -0.1) is 16.4 Å². The van der Waals surface area contributed by atoms with Crippen LogP contribution in [0.2, 0.25) is 0 Å². The van der Waals surface area contributed by atoms with Gasteiger partial charge in [0.1, 0.15) is 5.69 Å². The molecule has 0 unspecified atom stereocenters. The Morgan fingerprint density at radius 3 is 2.72 bits per heavy atom. The third-order valence-corrected chi connectivity index (χ3v) is 5.03. The van der Waals surface area contributed by atoms with Crippen LogP contribution in [0.4, 0.5) is 0 Å². The van der Waals surface area contributed by atoms with Crippen molar-refractivity contribution >= 4 is 22.2 Å². The monoisotopic (exact) mass is 353 g/mol. The zero-order valence-corrected chi connectivity index (χ0v) is 15.0. The first-order chi connectivity index (χ1) is 12.1. The minimum absolute atomic E-state index is 0.0385. The third-order valence-electron chi connectivity index (χ3n) is 4.17. The summed E-state index contributed by atoms with van der Waals surface area (Å²) in [5.41, 5.74) is 1.80. The number of fused-ring (bicyclic) bond motifs is 1. The number of hydrogen-bond acceptors (Lipinski definition) is 4. The van der Waals surface area contributed by atoms with Crippen molar-refractivity contribution in [1.29, 1.82) is 0 Å². The molecular formula is C18H19N5OS. The SMILES string of the molecule is CC(C)n1c(=O)c2ccccc2n1Cc1cn(Cc2cccs2)nn1. The lowest BCUT2D eigenvalue weighted by molar-refractivity contribution is 0.425. The quantitative estimate of drug-likeness (QED) is 0.554. The Morgan fingerprint density at radius 2 is 1.96 bits per heavy atom. The molecule has 0 saturated carbocycles. The lowest BCUT2D eigenvalue weighted by Gasteiger charge is -2.14. The van der Waals surface area contributed by atoms with Crippen molar-refractivity contribution in [1.82, 2.24) is 24.4 Å². The van der Waals surface area contributed by atoms with Crippen LogP contribution in [0.25, 0.3) is 10.9 Å². The van der Waals surface area contributed by atoms with E-state index in [-0.39, 0.29) is 11.6 Å². The zero-order valence-electron chi connectivity index (χ0n) is 14.2. The fourth-order valence-electron chi connectivity index (χ4n) is 3.11. The van der Waals surface area contributed by atoms with Crippen molar-refractivity contribution in [2.24, 2.45) is 0 Å². The molecule has 0 saturated heterocycles. The van der Waals surface area contributed by atoms with E-state index in [2.05, 4.69) is 21.8 Å². The number of hydrogen-bond donors (Lipinski definition) is 0. The average molecular weight is 353 g/mol. The highest BCUT2D eigenvalue weighted by Crippen LogP contribution is 2.16. The highest BCUT2D eigenvalue weighted by Gasteiger charge is 2.16. The fourth-order valence-corrected chi connectivity index (χ4v) is 3.80. The highest BCUT2D eigenvalue weighted by molar-refractivity contribution is 7.09. The van der Waals surface area contributed by atoms with Crippen LogP contribution < -0.4 is 5.56 Å². The topological polar surface area (TPSA) is 57.6 Å². The molecule has 0 fully saturated rings. The molecule has 128 valence electrons. The van der Waals surface area contributed by atoms with E-state index < -0.39 is 0 Å². The lowest BCUT2D eigenvalue weighted by atomic mass is 10.2. The summed E-state index contributed by atoms with van der Waals surface area (Å²) < 4.78 is 5.63. The van der Waals surface area contributed by atoms with Crippen LogP contribution >= 0.6 is 11.3 Å². The number of nitrogens with zero attached hydrogens (tertiary/aromatic N) is 5. The van der Waals surface area contributed by atoms with Crippen molar-refractivity contribution in [3.8, 4) is 0 Å². The molecule has 0 aliphatic rings. The molecule has 1 aromatic carbocycles. The van der Waals surface area contributed by atoms with Gasteiger partial charge in [0.25, 0.3) is 5.56 Å². The number of rotatable bonds is 5. The average Bonchev–Trinajstić information content (AvgIpc) is 3.31. The molecular weight excluding hydrogens is 334 g/mol. The van der Waals surface area contributed by atoms with E-state index in [9.17, 15) is 4.79 Å². The Hall–Kier alpha value is -2.67. The molecule has 4 rings (SSSR count). The predicted octanol–water partition coefficient (Wildman–Crippen LogP) is 3.13. The molecule has 0 aliphatic heterocycles. The van der Waals surface area contributed by atoms with Gasteiger partial charge in [-0.2, -0.15) is 0 Å². The maximum Gasteiger partial charge on any atom is 0.274 e. The molecule has 6 nitrogen and oxygen atoms in total. The summed E-state index contributed by atoms with van der Waals surface area (Å²) in [6, 6.07) is 11.9. The number of benzene rings is 1. The second-order valence-corrected chi connectivity index (χ2v) is 7.34. The maximum absolute atomic E-state index is 12.7. The van der Waals surface area contributed by atoms with E-state index in [1.165, 1.54) is 4.88 Å². The fraction of sp³-hybridized carbons (Fsp3) is 0.278. The Labute approximate surface area is 148 Å². The largest absolute Gasteiger partial charge is 0.276 e. The first-order valence-corrected chi connectivity index (χ1v) is 9.13. The van der Waals surface area contributed by atoms with Crippen LogP contribution in [0.1, 0.15) is 30.5 Å². The van der Waals surface area contributed by atoms with Gasteiger partial charge in [0.15, 0.2) is 0 Å². The summed E-state index contributed by atoms with van der Waals surface area (Å²) in [7, 11) is 0. The second-order valence-electron chi connectivity index (χ2n) is 6.31. The molecule has 25 heavy (non-hydrogen) atoms. The molecule has 0 spiro atoms. The minimum Gasteiger partial charge on any atom is -0.276 e. The maximum atomic E-state index is 12.7. The first kappa shape index (κ1) is 15.8. The second kappa shape index (κ2) is 6.33. The third kappa shape index (κ3) is 2.91. The van der Waals surface area contributed by atoms with Crippen LogP contribution in [0.5, 0.6) is 0 Å². The Kier molecular flexibility index (Phi) is 4.01. The van der Waals surface area contributed by atoms with E-state index >= 15 is 0 Å². The van der Waals surface area contributed by atoms with Crippen molar-refractivity contribution in [3.05, 3.63) is 68.9 Å². The zero-order chi connectivity index (χ0) is 17.4. The van der Waals surface area contributed by atoms with E-state index in [4.69, 9.17) is 0 Å². The van der Waals surface area contributed by atoms with Gasteiger partial charge in [-0.25, -0.2) is 9.36 Å². The smallest absolute Gasteiger partial charge is 0.274 e. The van der Waals surface area contributed by atoms with E-state index in [1.54, 1.807) is 16.0 Å². The van der Waals surface area contributed by atoms with Crippen molar-refractivity contribution in [2.45, 2.75) is 33.0 Å². The molecule has 0 N–H and O–H groups in total. The molecule has 7 heteroatoms. The van der Waals surface area contributed by atoms with Gasteiger partial charge >= 0.3 is 0 Å². The van der Waals surface area contributed by atoms with Gasteiger partial charge < -0.3 is 0 Å². The summed E-state index contributed by atoms with van der Waals surface area (Å²) in [6.45, 7) is 5.27. The summed E-state index contributed by atoms with van der Waals surface area (Å²) >= 11 is 1.70. The standard InChI is InChI=1S/C18H19N5OS/c1-13(2)23-18(24)16-7-3-4-8-17(16)22(23)11-14-10-21(20-19-14)12-15-6-5-9-25-15/h3-10,13H,11-12H2,1-2H3. The van der Waals surface area contributed by atoms with Crippen LogP contribution in [-0.2, 0) is 13.1 Å². The van der Waals surface area contributed by atoms with Gasteiger partial charge in [0, 0.05) is 10.9 Å². The van der Waals surface area contributed by atoms with E-state index in [0.29, 0.717) is 13.1 Å². The van der Waals surface area contributed by atoms with Gasteiger partial charge in [0.05, 0.1) is 30.2 Å². The predicted molar refractivity (Wildman–Crippen MR) is 99.1 cm³/mol. The normalized spacial score (nSPS) is 11.6. The summed E-state index contributed by atoms with van der Waals surface area (Å²) in [6.07, 6.45) is 1.95. The summed E-state index contributed by atoms with van der Waals surface area (Å²) in [4.78, 5) is 13.9. The van der Waals surface area contributed by atoms with Crippen LogP contribution in [0.3, 0.4) is 0 Å². The minimum atomic E-state index is 0.0385. The summed E-state index contributed by atoms with van der Waals surface area (Å²) in [5.74, 6) is 0. The Morgan fingerprint density at radius 1 is 1.12 bits per heavy atom. The van der Waals surface area contributed by atoms with Gasteiger partial charge in [-0.05, 0) is 37.4 Å². The Bertz CT molecular complexity index is 1050. The molecule has 4 aromatic rings. The lowest BCUT2D eigenvalue weighted by Crippen LogP contribution is -2.25. The number of para-hydroxylation sites is 1. The van der Waals surface area contributed by atoms with Gasteiger partial charge in [0.2, 0.25) is 0 Å².